The first-order valence-electron chi connectivity index (χ1n) is 6.18. The molecule has 3 aromatic rings. The Hall–Kier alpha value is -2.88. The van der Waals surface area contributed by atoms with Crippen molar-refractivity contribution in [1.82, 2.24) is 9.78 Å². The van der Waals surface area contributed by atoms with Crippen molar-refractivity contribution in [3.05, 3.63) is 72.6 Å². The zero-order valence-electron chi connectivity index (χ0n) is 10.6. The summed E-state index contributed by atoms with van der Waals surface area (Å²) in [6.07, 6.45) is 3.56. The minimum Gasteiger partial charge on any atom is -0.478 e. The minimum atomic E-state index is -0.961. The van der Waals surface area contributed by atoms with Gasteiger partial charge in [0.1, 0.15) is 0 Å². The van der Waals surface area contributed by atoms with E-state index in [9.17, 15) is 9.90 Å². The molecule has 4 heteroatoms. The molecule has 0 amide bonds. The van der Waals surface area contributed by atoms with Crippen LogP contribution in [0.3, 0.4) is 0 Å². The van der Waals surface area contributed by atoms with Crippen LogP contribution >= 0.6 is 0 Å². The SMILES string of the molecule is O=C(O)c1ccccc1-n1cc(-c2ccccc2)cn1. The molecule has 20 heavy (non-hydrogen) atoms. The molecular formula is C16H12N2O2. The van der Waals surface area contributed by atoms with Crippen LogP contribution in [-0.4, -0.2) is 20.9 Å². The van der Waals surface area contributed by atoms with Gasteiger partial charge in [-0.1, -0.05) is 42.5 Å². The lowest BCUT2D eigenvalue weighted by atomic mass is 10.1. The summed E-state index contributed by atoms with van der Waals surface area (Å²) in [5.74, 6) is -0.961. The number of aromatic nitrogens is 2. The maximum absolute atomic E-state index is 11.2. The molecule has 3 rings (SSSR count). The molecule has 1 heterocycles. The molecule has 0 fully saturated rings. The van der Waals surface area contributed by atoms with Crippen molar-refractivity contribution in [1.29, 1.82) is 0 Å². The van der Waals surface area contributed by atoms with Gasteiger partial charge in [-0.05, 0) is 17.7 Å². The second-order valence-electron chi connectivity index (χ2n) is 4.36. The monoisotopic (exact) mass is 264 g/mol. The lowest BCUT2D eigenvalue weighted by Gasteiger charge is -2.05. The Morgan fingerprint density at radius 1 is 0.950 bits per heavy atom. The van der Waals surface area contributed by atoms with Gasteiger partial charge < -0.3 is 5.11 Å². The number of hydrogen-bond donors (Lipinski definition) is 1. The Balaban J connectivity index is 2.05. The molecule has 0 bridgehead atoms. The molecule has 1 N–H and O–H groups in total. The highest BCUT2D eigenvalue weighted by Gasteiger charge is 2.11. The molecule has 0 aliphatic rings. The summed E-state index contributed by atoms with van der Waals surface area (Å²) < 4.78 is 1.59. The third kappa shape index (κ3) is 2.19. The van der Waals surface area contributed by atoms with Crippen molar-refractivity contribution >= 4 is 5.97 Å². The highest BCUT2D eigenvalue weighted by atomic mass is 16.4. The number of rotatable bonds is 3. The number of nitrogens with zero attached hydrogens (tertiary/aromatic N) is 2. The summed E-state index contributed by atoms with van der Waals surface area (Å²) in [7, 11) is 0. The van der Waals surface area contributed by atoms with E-state index in [2.05, 4.69) is 5.10 Å². The van der Waals surface area contributed by atoms with E-state index in [4.69, 9.17) is 0 Å². The van der Waals surface area contributed by atoms with Crippen LogP contribution in [0.1, 0.15) is 10.4 Å². The first-order chi connectivity index (χ1) is 9.75. The average molecular weight is 264 g/mol. The summed E-state index contributed by atoms with van der Waals surface area (Å²) in [4.78, 5) is 11.2. The molecule has 0 spiro atoms. The summed E-state index contributed by atoms with van der Waals surface area (Å²) >= 11 is 0. The van der Waals surface area contributed by atoms with Gasteiger partial charge in [0.05, 0.1) is 17.4 Å². The molecule has 0 radical (unpaired) electrons. The van der Waals surface area contributed by atoms with Crippen molar-refractivity contribution in [2.24, 2.45) is 0 Å². The molecule has 0 saturated carbocycles. The first-order valence-corrected chi connectivity index (χ1v) is 6.18. The van der Waals surface area contributed by atoms with E-state index in [1.807, 2.05) is 36.5 Å². The van der Waals surface area contributed by atoms with Gasteiger partial charge in [-0.15, -0.1) is 0 Å². The Morgan fingerprint density at radius 2 is 1.65 bits per heavy atom. The van der Waals surface area contributed by atoms with E-state index in [0.29, 0.717) is 5.69 Å². The van der Waals surface area contributed by atoms with Crippen molar-refractivity contribution < 1.29 is 9.90 Å². The normalized spacial score (nSPS) is 10.4. The fourth-order valence-electron chi connectivity index (χ4n) is 2.09. The van der Waals surface area contributed by atoms with E-state index < -0.39 is 5.97 Å². The Kier molecular flexibility index (Phi) is 3.05. The number of hydrogen-bond acceptors (Lipinski definition) is 2. The lowest BCUT2D eigenvalue weighted by Crippen LogP contribution is -2.05. The molecular weight excluding hydrogens is 252 g/mol. The second kappa shape index (κ2) is 5.01. The molecule has 0 saturated heterocycles. The molecule has 98 valence electrons. The standard InChI is InChI=1S/C16H12N2O2/c19-16(20)14-8-4-5-9-15(14)18-11-13(10-17-18)12-6-2-1-3-7-12/h1-11H,(H,19,20). The van der Waals surface area contributed by atoms with E-state index in [0.717, 1.165) is 11.1 Å². The molecule has 4 nitrogen and oxygen atoms in total. The largest absolute Gasteiger partial charge is 0.478 e. The Bertz CT molecular complexity index is 748. The predicted octanol–water partition coefficient (Wildman–Crippen LogP) is 3.24. The van der Waals surface area contributed by atoms with Gasteiger partial charge in [0.25, 0.3) is 0 Å². The average Bonchev–Trinajstić information content (AvgIpc) is 2.98. The maximum Gasteiger partial charge on any atom is 0.337 e. The van der Waals surface area contributed by atoms with Crippen LogP contribution in [0, 0.1) is 0 Å². The van der Waals surface area contributed by atoms with E-state index >= 15 is 0 Å². The quantitative estimate of drug-likeness (QED) is 0.790. The van der Waals surface area contributed by atoms with Gasteiger partial charge in [-0.3, -0.25) is 0 Å². The van der Waals surface area contributed by atoms with Gasteiger partial charge >= 0.3 is 5.97 Å². The van der Waals surface area contributed by atoms with Crippen LogP contribution in [0.25, 0.3) is 16.8 Å². The molecule has 0 aliphatic heterocycles. The Labute approximate surface area is 115 Å². The van der Waals surface area contributed by atoms with Gasteiger partial charge in [-0.2, -0.15) is 5.10 Å². The van der Waals surface area contributed by atoms with Crippen LogP contribution < -0.4 is 0 Å². The molecule has 0 atom stereocenters. The second-order valence-corrected chi connectivity index (χ2v) is 4.36. The van der Waals surface area contributed by atoms with E-state index in [1.54, 1.807) is 35.1 Å². The zero-order valence-corrected chi connectivity index (χ0v) is 10.6. The lowest BCUT2D eigenvalue weighted by molar-refractivity contribution is 0.0696. The summed E-state index contributed by atoms with van der Waals surface area (Å²) in [6, 6.07) is 16.7. The van der Waals surface area contributed by atoms with Gasteiger partial charge in [0, 0.05) is 11.8 Å². The fourth-order valence-corrected chi connectivity index (χ4v) is 2.09. The smallest absolute Gasteiger partial charge is 0.337 e. The Morgan fingerprint density at radius 3 is 2.40 bits per heavy atom. The van der Waals surface area contributed by atoms with Crippen molar-refractivity contribution in [3.8, 4) is 16.8 Å². The number of carboxylic acids is 1. The van der Waals surface area contributed by atoms with Crippen LogP contribution in [0.2, 0.25) is 0 Å². The van der Waals surface area contributed by atoms with E-state index in [1.165, 1.54) is 0 Å². The van der Waals surface area contributed by atoms with Gasteiger partial charge in [-0.25, -0.2) is 9.48 Å². The van der Waals surface area contributed by atoms with Gasteiger partial charge in [0.15, 0.2) is 0 Å². The van der Waals surface area contributed by atoms with Crippen LogP contribution in [0.4, 0.5) is 0 Å². The molecule has 1 aromatic heterocycles. The van der Waals surface area contributed by atoms with Crippen molar-refractivity contribution in [3.63, 3.8) is 0 Å². The fraction of sp³-hybridized carbons (Fsp3) is 0. The topological polar surface area (TPSA) is 55.1 Å². The summed E-state index contributed by atoms with van der Waals surface area (Å²) in [5, 5.41) is 13.5. The number of benzene rings is 2. The van der Waals surface area contributed by atoms with Crippen molar-refractivity contribution in [2.45, 2.75) is 0 Å². The number of carboxylic acid groups (broad SMARTS) is 1. The third-order valence-corrected chi connectivity index (χ3v) is 3.07. The zero-order chi connectivity index (χ0) is 13.9. The summed E-state index contributed by atoms with van der Waals surface area (Å²) in [5.41, 5.74) is 2.79. The van der Waals surface area contributed by atoms with Gasteiger partial charge in [0.2, 0.25) is 0 Å². The highest BCUT2D eigenvalue weighted by Crippen LogP contribution is 2.21. The number of para-hydroxylation sites is 1. The number of carbonyl (C=O) groups is 1. The number of aromatic carboxylic acids is 1. The predicted molar refractivity (Wildman–Crippen MR) is 76.0 cm³/mol. The van der Waals surface area contributed by atoms with Crippen LogP contribution in [-0.2, 0) is 0 Å². The summed E-state index contributed by atoms with van der Waals surface area (Å²) in [6.45, 7) is 0. The van der Waals surface area contributed by atoms with Crippen LogP contribution in [0.15, 0.2) is 67.0 Å². The van der Waals surface area contributed by atoms with Crippen LogP contribution in [0.5, 0.6) is 0 Å². The molecule has 0 aliphatic carbocycles. The molecule has 2 aromatic carbocycles. The first kappa shape index (κ1) is 12.2. The van der Waals surface area contributed by atoms with E-state index in [-0.39, 0.29) is 5.56 Å². The highest BCUT2D eigenvalue weighted by molar-refractivity contribution is 5.91. The minimum absolute atomic E-state index is 0.232. The maximum atomic E-state index is 11.2. The van der Waals surface area contributed by atoms with Crippen molar-refractivity contribution in [2.75, 3.05) is 0 Å². The molecule has 0 unspecified atom stereocenters. The third-order valence-electron chi connectivity index (χ3n) is 3.07.